The van der Waals surface area contributed by atoms with Crippen molar-refractivity contribution in [3.8, 4) is 0 Å². The van der Waals surface area contributed by atoms with Crippen LogP contribution < -0.4 is 15.5 Å². The summed E-state index contributed by atoms with van der Waals surface area (Å²) in [5.41, 5.74) is 4.63. The molecule has 1 aliphatic rings. The molecule has 2 heterocycles. The average Bonchev–Trinajstić information content (AvgIpc) is 3.43. The third kappa shape index (κ3) is 5.66. The molecule has 36 heavy (non-hydrogen) atoms. The van der Waals surface area contributed by atoms with Crippen LogP contribution in [-0.4, -0.2) is 71.4 Å². The van der Waals surface area contributed by atoms with E-state index in [0.717, 1.165) is 39.8 Å². The number of nitrogens with one attached hydrogen (secondary N) is 2. The molecule has 0 unspecified atom stereocenters. The molecule has 0 atom stereocenters. The number of carbonyl (C=O) groups is 2. The van der Waals surface area contributed by atoms with Crippen molar-refractivity contribution in [3.05, 3.63) is 59.0 Å². The Morgan fingerprint density at radius 3 is 2.67 bits per heavy atom. The molecular formula is C26H34FN7O2. The summed E-state index contributed by atoms with van der Waals surface area (Å²) >= 11 is 0. The molecule has 2 N–H and O–H groups in total. The lowest BCUT2D eigenvalue weighted by molar-refractivity contribution is -0.145. The summed E-state index contributed by atoms with van der Waals surface area (Å²) in [7, 11) is 3.60. The Morgan fingerprint density at radius 2 is 1.89 bits per heavy atom. The zero-order chi connectivity index (χ0) is 25.8. The van der Waals surface area contributed by atoms with E-state index in [1.807, 2.05) is 42.9 Å². The van der Waals surface area contributed by atoms with Crippen LogP contribution in [0.2, 0.25) is 0 Å². The molecule has 2 aromatic carbocycles. The number of carbonyl (C=O) groups excluding carboxylic acids is 2. The predicted molar refractivity (Wildman–Crippen MR) is 138 cm³/mol. The van der Waals surface area contributed by atoms with Gasteiger partial charge in [-0.15, -0.1) is 0 Å². The number of halogens is 1. The van der Waals surface area contributed by atoms with Crippen LogP contribution in [0.1, 0.15) is 23.6 Å². The lowest BCUT2D eigenvalue weighted by atomic mass is 10.1. The second-order valence-corrected chi connectivity index (χ2v) is 9.18. The van der Waals surface area contributed by atoms with Gasteiger partial charge in [0.05, 0.1) is 24.8 Å². The minimum Gasteiger partial charge on any atom is -0.353 e. The van der Waals surface area contributed by atoms with E-state index in [1.54, 1.807) is 29.0 Å². The Balaban J connectivity index is 1.52. The fourth-order valence-corrected chi connectivity index (χ4v) is 4.54. The topological polar surface area (TPSA) is 85.7 Å². The summed E-state index contributed by atoms with van der Waals surface area (Å²) in [6.07, 6.45) is 1.78. The highest BCUT2D eigenvalue weighted by molar-refractivity contribution is 5.90. The lowest BCUT2D eigenvalue weighted by Crippen LogP contribution is -2.48. The van der Waals surface area contributed by atoms with E-state index in [4.69, 9.17) is 0 Å². The highest BCUT2D eigenvalue weighted by Crippen LogP contribution is 2.28. The molecule has 1 aliphatic heterocycles. The molecule has 192 valence electrons. The van der Waals surface area contributed by atoms with Gasteiger partial charge in [-0.3, -0.25) is 19.3 Å². The predicted octanol–water partition coefficient (Wildman–Crippen LogP) is 1.94. The summed E-state index contributed by atoms with van der Waals surface area (Å²) in [4.78, 5) is 28.0. The van der Waals surface area contributed by atoms with Gasteiger partial charge in [-0.05, 0) is 54.4 Å². The summed E-state index contributed by atoms with van der Waals surface area (Å²) in [5, 5.41) is 14.8. The monoisotopic (exact) mass is 495 g/mol. The molecule has 4 rings (SSSR count). The molecule has 0 fully saturated rings. The number of amides is 2. The van der Waals surface area contributed by atoms with E-state index in [1.165, 1.54) is 12.1 Å². The quantitative estimate of drug-likeness (QED) is 0.418. The largest absolute Gasteiger partial charge is 0.353 e. The molecule has 0 spiro atoms. The second-order valence-electron chi connectivity index (χ2n) is 9.18. The smallest absolute Gasteiger partial charge is 0.256 e. The van der Waals surface area contributed by atoms with Crippen LogP contribution in [0.5, 0.6) is 0 Å². The zero-order valence-corrected chi connectivity index (χ0v) is 21.3. The van der Waals surface area contributed by atoms with Crippen molar-refractivity contribution in [1.82, 2.24) is 30.4 Å². The van der Waals surface area contributed by atoms with E-state index in [-0.39, 0.29) is 30.7 Å². The van der Waals surface area contributed by atoms with Crippen molar-refractivity contribution < 1.29 is 14.0 Å². The fraction of sp³-hybridized carbons (Fsp3) is 0.423. The Labute approximate surface area is 210 Å². The van der Waals surface area contributed by atoms with Gasteiger partial charge >= 0.3 is 0 Å². The molecule has 0 bridgehead atoms. The number of hydrazine groups is 1. The number of hydrogen-bond acceptors (Lipinski definition) is 6. The van der Waals surface area contributed by atoms with Crippen LogP contribution in [0.4, 0.5) is 10.1 Å². The van der Waals surface area contributed by atoms with Gasteiger partial charge in [0, 0.05) is 51.3 Å². The highest BCUT2D eigenvalue weighted by atomic mass is 19.1. The number of fused-ring (bicyclic) bond motifs is 2. The van der Waals surface area contributed by atoms with Crippen LogP contribution in [0.15, 0.2) is 36.5 Å². The molecule has 1 aromatic heterocycles. The Morgan fingerprint density at radius 1 is 1.11 bits per heavy atom. The number of rotatable bonds is 10. The minimum absolute atomic E-state index is 0.0188. The molecular weight excluding hydrogens is 461 g/mol. The van der Waals surface area contributed by atoms with Crippen molar-refractivity contribution in [1.29, 1.82) is 0 Å². The van der Waals surface area contributed by atoms with Crippen molar-refractivity contribution in [2.45, 2.75) is 26.9 Å². The van der Waals surface area contributed by atoms with E-state index in [0.29, 0.717) is 26.2 Å². The van der Waals surface area contributed by atoms with Gasteiger partial charge in [0.2, 0.25) is 5.91 Å². The van der Waals surface area contributed by atoms with Gasteiger partial charge in [-0.2, -0.15) is 5.10 Å². The number of aryl methyl sites for hydroxylation is 2. The van der Waals surface area contributed by atoms with Gasteiger partial charge in [-0.1, -0.05) is 13.0 Å². The van der Waals surface area contributed by atoms with E-state index in [9.17, 15) is 14.0 Å². The standard InChI is InChI=1S/C26H34FN7O2/c1-5-28-8-9-29-25(35)16-33(23-12-20-13-30-31(3)24(20)10-18(23)2)17-26(36)32(4)34-14-19-6-7-22(27)11-21(19)15-34/h6-7,10-13,28H,5,8-9,14-17H2,1-4H3,(H,29,35). The van der Waals surface area contributed by atoms with Gasteiger partial charge in [-0.25, -0.2) is 9.40 Å². The van der Waals surface area contributed by atoms with Crippen LogP contribution >= 0.6 is 0 Å². The molecule has 2 amide bonds. The van der Waals surface area contributed by atoms with E-state index < -0.39 is 0 Å². The number of likely N-dealkylation sites (N-methyl/N-ethyl adjacent to an activating group) is 2. The maximum Gasteiger partial charge on any atom is 0.256 e. The summed E-state index contributed by atoms with van der Waals surface area (Å²) in [6.45, 7) is 7.06. The first kappa shape index (κ1) is 25.6. The molecule has 9 nitrogen and oxygen atoms in total. The van der Waals surface area contributed by atoms with Crippen LogP contribution in [0, 0.1) is 12.7 Å². The van der Waals surface area contributed by atoms with Gasteiger partial charge in [0.25, 0.3) is 5.91 Å². The summed E-state index contributed by atoms with van der Waals surface area (Å²) < 4.78 is 15.5. The van der Waals surface area contributed by atoms with Gasteiger partial charge in [0.1, 0.15) is 5.82 Å². The fourth-order valence-electron chi connectivity index (χ4n) is 4.54. The highest BCUT2D eigenvalue weighted by Gasteiger charge is 2.27. The van der Waals surface area contributed by atoms with Crippen molar-refractivity contribution in [3.63, 3.8) is 0 Å². The first-order chi connectivity index (χ1) is 17.3. The average molecular weight is 496 g/mol. The third-order valence-corrected chi connectivity index (χ3v) is 6.60. The number of benzene rings is 2. The number of hydrogen-bond donors (Lipinski definition) is 2. The maximum absolute atomic E-state index is 13.7. The Bertz CT molecular complexity index is 1260. The van der Waals surface area contributed by atoms with Crippen molar-refractivity contribution >= 4 is 28.4 Å². The molecule has 0 saturated heterocycles. The van der Waals surface area contributed by atoms with Crippen molar-refractivity contribution in [2.24, 2.45) is 7.05 Å². The Hall–Kier alpha value is -3.50. The SMILES string of the molecule is CCNCCNC(=O)CN(CC(=O)N(C)N1Cc2ccc(F)cc2C1)c1cc2cnn(C)c2cc1C. The van der Waals surface area contributed by atoms with Gasteiger partial charge < -0.3 is 15.5 Å². The molecule has 0 aliphatic carbocycles. The first-order valence-electron chi connectivity index (χ1n) is 12.2. The molecule has 0 saturated carbocycles. The molecule has 3 aromatic rings. The zero-order valence-electron chi connectivity index (χ0n) is 21.3. The summed E-state index contributed by atoms with van der Waals surface area (Å²) in [6, 6.07) is 8.72. The van der Waals surface area contributed by atoms with Crippen LogP contribution in [0.3, 0.4) is 0 Å². The number of anilines is 1. The van der Waals surface area contributed by atoms with Crippen LogP contribution in [0.25, 0.3) is 10.9 Å². The van der Waals surface area contributed by atoms with Crippen LogP contribution in [-0.2, 0) is 29.7 Å². The van der Waals surface area contributed by atoms with E-state index in [2.05, 4.69) is 15.7 Å². The molecule has 0 radical (unpaired) electrons. The third-order valence-electron chi connectivity index (χ3n) is 6.60. The first-order valence-corrected chi connectivity index (χ1v) is 12.2. The number of aromatic nitrogens is 2. The van der Waals surface area contributed by atoms with Gasteiger partial charge in [0.15, 0.2) is 0 Å². The second kappa shape index (κ2) is 11.0. The van der Waals surface area contributed by atoms with E-state index >= 15 is 0 Å². The lowest BCUT2D eigenvalue weighted by Gasteiger charge is -2.32. The normalized spacial score (nSPS) is 13.1. The maximum atomic E-state index is 13.7. The van der Waals surface area contributed by atoms with Crippen molar-refractivity contribution in [2.75, 3.05) is 44.7 Å². The summed E-state index contributed by atoms with van der Waals surface area (Å²) in [5.74, 6) is -0.593. The minimum atomic E-state index is -0.280. The number of nitrogens with zero attached hydrogens (tertiary/aromatic N) is 5. The molecule has 10 heteroatoms. The Kier molecular flexibility index (Phi) is 7.85.